The Labute approximate surface area is 323 Å². The summed E-state index contributed by atoms with van der Waals surface area (Å²) in [5.41, 5.74) is 1.69. The first-order valence-corrected chi connectivity index (χ1v) is 19.9. The van der Waals surface area contributed by atoms with Gasteiger partial charge < -0.3 is 30.1 Å². The molecule has 294 valence electrons. The van der Waals surface area contributed by atoms with E-state index in [1.165, 1.54) is 49.9 Å². The number of rotatable bonds is 13. The number of carbonyl (C=O) groups is 2. The van der Waals surface area contributed by atoms with E-state index in [2.05, 4.69) is 38.0 Å². The number of nitrogens with zero attached hydrogens (tertiary/aromatic N) is 3. The Morgan fingerprint density at radius 3 is 2.29 bits per heavy atom. The molecule has 3 aromatic rings. The largest absolute Gasteiger partial charge is 0.453 e. The molecule has 2 N–H and O–H groups in total. The normalized spacial score (nSPS) is 23.5. The number of carbonyl (C=O) groups excluding carboxylic acids is 2. The van der Waals surface area contributed by atoms with E-state index in [4.69, 9.17) is 4.74 Å². The van der Waals surface area contributed by atoms with Crippen LogP contribution in [0.25, 0.3) is 0 Å². The molecule has 55 heavy (non-hydrogen) atoms. The van der Waals surface area contributed by atoms with Crippen LogP contribution in [0.2, 0.25) is 0 Å². The molecule has 0 aromatic heterocycles. The van der Waals surface area contributed by atoms with Crippen molar-refractivity contribution in [3.63, 3.8) is 0 Å². The fourth-order valence-corrected chi connectivity index (χ4v) is 9.98. The van der Waals surface area contributed by atoms with E-state index in [-0.39, 0.29) is 34.3 Å². The van der Waals surface area contributed by atoms with E-state index in [1.807, 2.05) is 6.07 Å². The van der Waals surface area contributed by atoms with Gasteiger partial charge in [0.1, 0.15) is 5.82 Å². The number of ether oxygens (including phenoxy) is 1. The minimum atomic E-state index is -3.23. The summed E-state index contributed by atoms with van der Waals surface area (Å²) < 4.78 is 51.3. The zero-order valence-electron chi connectivity index (χ0n) is 31.8. The lowest BCUT2D eigenvalue weighted by Crippen LogP contribution is -2.59. The lowest BCUT2D eigenvalue weighted by atomic mass is 9.57. The highest BCUT2D eigenvalue weighted by molar-refractivity contribution is 5.98. The predicted molar refractivity (Wildman–Crippen MR) is 210 cm³/mol. The van der Waals surface area contributed by atoms with Crippen LogP contribution in [0.5, 0.6) is 0 Å². The SMILES string of the molecule is C=CC(=O)Nc1cccc(C(F)(F)c2ccc(N3CC[C@@H](CN4CCC([C@@](CN5CCC5)(c5cccc(F)c5)[C@H]5CCC[C@@H]5NC(=O)OC)CC4)C3)cc2)c1. The quantitative estimate of drug-likeness (QED) is 0.174. The van der Waals surface area contributed by atoms with Crippen molar-refractivity contribution in [3.05, 3.63) is 108 Å². The number of hydrogen-bond donors (Lipinski definition) is 2. The minimum Gasteiger partial charge on any atom is -0.453 e. The number of methoxy groups -OCH3 is 1. The van der Waals surface area contributed by atoms with Crippen molar-refractivity contribution < 1.29 is 27.5 Å². The molecule has 0 radical (unpaired) electrons. The number of alkyl carbamates (subject to hydrolysis) is 1. The Balaban J connectivity index is 1.01. The van der Waals surface area contributed by atoms with Gasteiger partial charge in [0.05, 0.1) is 7.11 Å². The average molecular weight is 758 g/mol. The third-order valence-electron chi connectivity index (χ3n) is 12.9. The molecule has 2 amide bonds. The van der Waals surface area contributed by atoms with Crippen molar-refractivity contribution in [1.82, 2.24) is 15.1 Å². The maximum absolute atomic E-state index is 15.6. The first-order chi connectivity index (χ1) is 26.6. The van der Waals surface area contributed by atoms with Crippen LogP contribution in [-0.2, 0) is 20.9 Å². The number of alkyl halides is 2. The fourth-order valence-electron chi connectivity index (χ4n) is 9.98. The van der Waals surface area contributed by atoms with Gasteiger partial charge in [-0.2, -0.15) is 8.78 Å². The highest BCUT2D eigenvalue weighted by atomic mass is 19.3. The van der Waals surface area contributed by atoms with Crippen molar-refractivity contribution in [1.29, 1.82) is 0 Å². The number of amides is 2. The number of halogens is 3. The van der Waals surface area contributed by atoms with Crippen LogP contribution in [-0.4, -0.2) is 87.3 Å². The molecule has 1 saturated carbocycles. The van der Waals surface area contributed by atoms with E-state index in [0.717, 1.165) is 108 Å². The molecule has 3 aromatic carbocycles. The van der Waals surface area contributed by atoms with Crippen LogP contribution in [0.3, 0.4) is 0 Å². The first kappa shape index (κ1) is 38.9. The Bertz CT molecular complexity index is 1810. The van der Waals surface area contributed by atoms with Crippen molar-refractivity contribution >= 4 is 23.4 Å². The summed E-state index contributed by atoms with van der Waals surface area (Å²) in [6.07, 6.45) is 7.81. The number of piperidine rings is 1. The number of anilines is 2. The molecule has 7 rings (SSSR count). The molecule has 4 aliphatic rings. The summed E-state index contributed by atoms with van der Waals surface area (Å²) in [5, 5.41) is 5.73. The first-order valence-electron chi connectivity index (χ1n) is 19.9. The van der Waals surface area contributed by atoms with Gasteiger partial charge in [0.25, 0.3) is 5.92 Å². The lowest BCUT2D eigenvalue weighted by Gasteiger charge is -2.53. The van der Waals surface area contributed by atoms with Gasteiger partial charge in [0.15, 0.2) is 0 Å². The molecule has 4 atom stereocenters. The molecule has 3 saturated heterocycles. The maximum atomic E-state index is 15.6. The van der Waals surface area contributed by atoms with E-state index >= 15 is 13.2 Å². The smallest absolute Gasteiger partial charge is 0.407 e. The molecule has 3 aliphatic heterocycles. The van der Waals surface area contributed by atoms with Crippen LogP contribution in [0.1, 0.15) is 61.6 Å². The van der Waals surface area contributed by atoms with Crippen LogP contribution in [0.4, 0.5) is 29.3 Å². The molecule has 0 bridgehead atoms. The van der Waals surface area contributed by atoms with Crippen molar-refractivity contribution in [2.24, 2.45) is 17.8 Å². The fraction of sp³-hybridized carbons (Fsp3) is 0.500. The van der Waals surface area contributed by atoms with E-state index in [1.54, 1.807) is 24.3 Å². The monoisotopic (exact) mass is 757 g/mol. The molecule has 0 unspecified atom stereocenters. The van der Waals surface area contributed by atoms with E-state index in [9.17, 15) is 9.59 Å². The molecule has 0 spiro atoms. The highest BCUT2D eigenvalue weighted by Crippen LogP contribution is 2.51. The highest BCUT2D eigenvalue weighted by Gasteiger charge is 2.53. The Morgan fingerprint density at radius 2 is 1.60 bits per heavy atom. The predicted octanol–water partition coefficient (Wildman–Crippen LogP) is 7.80. The molecule has 11 heteroatoms. The zero-order valence-corrected chi connectivity index (χ0v) is 31.8. The van der Waals surface area contributed by atoms with Crippen LogP contribution >= 0.6 is 0 Å². The summed E-state index contributed by atoms with van der Waals surface area (Å²) in [5.74, 6) is -2.93. The number of hydrogen-bond acceptors (Lipinski definition) is 6. The van der Waals surface area contributed by atoms with Crippen molar-refractivity contribution in [2.45, 2.75) is 62.3 Å². The standard InChI is InChI=1S/C44H54F3N5O3/c1-3-41(53)48-37-11-5-9-35(27-37)44(46,47)33-14-16-38(17-15-33)52-25-18-31(29-52)28-50-23-19-32(20-24-50)43(30-51-21-7-22-51,34-8-4-10-36(45)26-34)39-12-6-13-40(39)49-42(54)55-2/h3-5,8-11,14-17,26-27,31-32,39-40H,1,6-7,12-13,18-25,28-30H2,2H3,(H,48,53)(H,49,54)/t31-,39-,40-,43-/m0/s1. The van der Waals surface area contributed by atoms with Gasteiger partial charge in [-0.3, -0.25) is 4.79 Å². The Hall–Kier alpha value is -4.35. The maximum Gasteiger partial charge on any atom is 0.407 e. The summed E-state index contributed by atoms with van der Waals surface area (Å²) in [7, 11) is 1.41. The van der Waals surface area contributed by atoms with Gasteiger partial charge in [-0.1, -0.05) is 49.4 Å². The zero-order chi connectivity index (χ0) is 38.6. The number of nitrogens with one attached hydrogen (secondary N) is 2. The number of likely N-dealkylation sites (tertiary alicyclic amines) is 2. The van der Waals surface area contributed by atoms with Gasteiger partial charge in [-0.05, 0) is 130 Å². The topological polar surface area (TPSA) is 77.2 Å². The van der Waals surface area contributed by atoms with Crippen LogP contribution in [0, 0.1) is 23.6 Å². The average Bonchev–Trinajstić information content (AvgIpc) is 3.85. The second-order valence-electron chi connectivity index (χ2n) is 16.0. The molecule has 3 heterocycles. The van der Waals surface area contributed by atoms with E-state index in [0.29, 0.717) is 17.5 Å². The van der Waals surface area contributed by atoms with Crippen molar-refractivity contribution in [2.75, 3.05) is 69.7 Å². The van der Waals surface area contributed by atoms with Gasteiger partial charge >= 0.3 is 6.09 Å². The summed E-state index contributed by atoms with van der Waals surface area (Å²) in [6.45, 7) is 11.0. The van der Waals surface area contributed by atoms with Gasteiger partial charge in [-0.15, -0.1) is 0 Å². The summed E-state index contributed by atoms with van der Waals surface area (Å²) in [6, 6.07) is 19.5. The third kappa shape index (κ3) is 8.43. The minimum absolute atomic E-state index is 0.0253. The molecular weight excluding hydrogens is 704 g/mol. The van der Waals surface area contributed by atoms with Crippen LogP contribution < -0.4 is 15.5 Å². The summed E-state index contributed by atoms with van der Waals surface area (Å²) >= 11 is 0. The molecule has 1 aliphatic carbocycles. The van der Waals surface area contributed by atoms with Crippen LogP contribution in [0.15, 0.2) is 85.5 Å². The Morgan fingerprint density at radius 1 is 0.855 bits per heavy atom. The van der Waals surface area contributed by atoms with Gasteiger partial charge in [-0.25, -0.2) is 9.18 Å². The van der Waals surface area contributed by atoms with E-state index < -0.39 is 17.9 Å². The second-order valence-corrected chi connectivity index (χ2v) is 16.0. The second kappa shape index (κ2) is 16.8. The number of benzene rings is 3. The van der Waals surface area contributed by atoms with Gasteiger partial charge in [0.2, 0.25) is 5.91 Å². The molecule has 4 fully saturated rings. The van der Waals surface area contributed by atoms with Crippen molar-refractivity contribution in [3.8, 4) is 0 Å². The Kier molecular flexibility index (Phi) is 11.9. The van der Waals surface area contributed by atoms with Gasteiger partial charge in [0, 0.05) is 60.1 Å². The third-order valence-corrected chi connectivity index (χ3v) is 12.9. The lowest BCUT2D eigenvalue weighted by molar-refractivity contribution is -0.111. The molecular formula is C44H54F3N5O3. The summed E-state index contributed by atoms with van der Waals surface area (Å²) in [4.78, 5) is 31.6. The molecule has 8 nitrogen and oxygen atoms in total.